The molecule has 0 spiro atoms. The molecule has 2 aromatic rings. The fraction of sp³-hybridized carbons (Fsp3) is 0.286. The summed E-state index contributed by atoms with van der Waals surface area (Å²) in [6.07, 6.45) is 6.94. The van der Waals surface area contributed by atoms with Crippen molar-refractivity contribution in [1.29, 1.82) is 0 Å². The Hall–Kier alpha value is -2.62. The van der Waals surface area contributed by atoms with Gasteiger partial charge in [0, 0.05) is 18.7 Å². The van der Waals surface area contributed by atoms with E-state index in [1.165, 1.54) is 17.7 Å². The van der Waals surface area contributed by atoms with Crippen LogP contribution in [0, 0.1) is 12.3 Å². The van der Waals surface area contributed by atoms with Gasteiger partial charge < -0.3 is 4.90 Å². The van der Waals surface area contributed by atoms with Crippen molar-refractivity contribution in [3.63, 3.8) is 0 Å². The van der Waals surface area contributed by atoms with E-state index in [2.05, 4.69) is 22.8 Å². The summed E-state index contributed by atoms with van der Waals surface area (Å²) in [7, 11) is -3.65. The molecule has 1 heterocycles. The summed E-state index contributed by atoms with van der Waals surface area (Å²) in [6, 6.07) is 16.3. The Bertz CT molecular complexity index is 924. The van der Waals surface area contributed by atoms with Crippen molar-refractivity contribution in [2.75, 3.05) is 19.6 Å². The van der Waals surface area contributed by atoms with Crippen molar-refractivity contribution >= 4 is 15.9 Å². The number of likely N-dealkylation sites (tertiary alicyclic amines) is 1. The van der Waals surface area contributed by atoms with Crippen molar-refractivity contribution < 1.29 is 13.2 Å². The predicted octanol–water partition coefficient (Wildman–Crippen LogP) is 2.62. The lowest BCUT2D eigenvalue weighted by molar-refractivity contribution is 0.0713. The monoisotopic (exact) mass is 382 g/mol. The molecule has 0 unspecified atom stereocenters. The lowest BCUT2D eigenvalue weighted by Gasteiger charge is -2.32. The zero-order valence-corrected chi connectivity index (χ0v) is 15.8. The Morgan fingerprint density at radius 1 is 1.07 bits per heavy atom. The van der Waals surface area contributed by atoms with Crippen LogP contribution in [0.2, 0.25) is 0 Å². The van der Waals surface area contributed by atoms with Crippen LogP contribution in [0.25, 0.3) is 0 Å². The van der Waals surface area contributed by atoms with Gasteiger partial charge in [-0.2, -0.15) is 4.72 Å². The molecule has 1 fully saturated rings. The Morgan fingerprint density at radius 2 is 1.70 bits per heavy atom. The molecule has 0 radical (unpaired) electrons. The molecule has 1 aliphatic heterocycles. The third-order valence-corrected chi connectivity index (χ3v) is 6.25. The minimum atomic E-state index is -3.65. The molecular weight excluding hydrogens is 360 g/mol. The number of sulfonamides is 1. The van der Waals surface area contributed by atoms with Crippen molar-refractivity contribution in [2.24, 2.45) is 0 Å². The quantitative estimate of drug-likeness (QED) is 0.809. The number of carbonyl (C=O) groups is 1. The number of hydrogen-bond donors (Lipinski definition) is 1. The van der Waals surface area contributed by atoms with E-state index in [1.54, 1.807) is 12.1 Å². The molecule has 5 nitrogen and oxygen atoms in total. The average molecular weight is 382 g/mol. The van der Waals surface area contributed by atoms with Gasteiger partial charge in [-0.1, -0.05) is 36.3 Å². The number of piperidine rings is 1. The van der Waals surface area contributed by atoms with E-state index in [4.69, 9.17) is 6.42 Å². The molecule has 0 aromatic heterocycles. The highest BCUT2D eigenvalue weighted by molar-refractivity contribution is 7.89. The maximum atomic E-state index is 12.7. The Labute approximate surface area is 160 Å². The van der Waals surface area contributed by atoms with E-state index >= 15 is 0 Å². The summed E-state index contributed by atoms with van der Waals surface area (Å²) >= 11 is 0. The molecule has 1 aliphatic rings. The second-order valence-electron chi connectivity index (χ2n) is 6.53. The summed E-state index contributed by atoms with van der Waals surface area (Å²) < 4.78 is 26.4. The van der Waals surface area contributed by atoms with E-state index in [9.17, 15) is 13.2 Å². The molecule has 0 atom stereocenters. The molecule has 1 amide bonds. The maximum Gasteiger partial charge on any atom is 0.253 e. The fourth-order valence-corrected chi connectivity index (χ4v) is 4.25. The predicted molar refractivity (Wildman–Crippen MR) is 105 cm³/mol. The normalized spacial score (nSPS) is 15.3. The van der Waals surface area contributed by atoms with Gasteiger partial charge in [-0.3, -0.25) is 4.79 Å². The molecule has 2 aromatic carbocycles. The first kappa shape index (κ1) is 19.2. The van der Waals surface area contributed by atoms with Gasteiger partial charge in [-0.25, -0.2) is 8.42 Å². The maximum absolute atomic E-state index is 12.7. The number of terminal acetylenes is 1. The standard InChI is InChI=1S/C21H22N2O3S/c1-2-14-22-27(25,26)20-10-8-19(9-11-20)21(24)23-15-12-18(13-16-23)17-6-4-3-5-7-17/h1,3-11,18,22H,12-16H2. The van der Waals surface area contributed by atoms with Crippen LogP contribution in [0.15, 0.2) is 59.5 Å². The third-order valence-electron chi connectivity index (χ3n) is 4.83. The first-order valence-corrected chi connectivity index (χ1v) is 10.4. The van der Waals surface area contributed by atoms with Crippen molar-refractivity contribution in [3.05, 3.63) is 65.7 Å². The second-order valence-corrected chi connectivity index (χ2v) is 8.30. The van der Waals surface area contributed by atoms with E-state index in [-0.39, 0.29) is 17.3 Å². The van der Waals surface area contributed by atoms with Gasteiger partial charge in [-0.05, 0) is 48.6 Å². The van der Waals surface area contributed by atoms with Gasteiger partial charge in [0.05, 0.1) is 11.4 Å². The third kappa shape index (κ3) is 4.57. The number of rotatable bonds is 5. The number of benzene rings is 2. The molecule has 6 heteroatoms. The van der Waals surface area contributed by atoms with Crippen LogP contribution in [0.3, 0.4) is 0 Å². The zero-order chi connectivity index (χ0) is 19.3. The summed E-state index contributed by atoms with van der Waals surface area (Å²) in [5.41, 5.74) is 1.81. The molecule has 3 rings (SSSR count). The first-order chi connectivity index (χ1) is 13.0. The molecular formula is C21H22N2O3S. The van der Waals surface area contributed by atoms with Crippen LogP contribution in [0.1, 0.15) is 34.7 Å². The highest BCUT2D eigenvalue weighted by Gasteiger charge is 2.24. The van der Waals surface area contributed by atoms with Crippen LogP contribution in [0.5, 0.6) is 0 Å². The van der Waals surface area contributed by atoms with E-state index in [0.717, 1.165) is 12.8 Å². The topological polar surface area (TPSA) is 66.5 Å². The summed E-state index contributed by atoms with van der Waals surface area (Å²) in [5.74, 6) is 2.64. The molecule has 1 N–H and O–H groups in total. The Kier molecular flexibility index (Phi) is 5.94. The minimum absolute atomic E-state index is 0.0676. The number of nitrogens with zero attached hydrogens (tertiary/aromatic N) is 1. The SMILES string of the molecule is C#CCNS(=O)(=O)c1ccc(C(=O)N2CCC(c3ccccc3)CC2)cc1. The summed E-state index contributed by atoms with van der Waals surface area (Å²) in [6.45, 7) is 1.32. The van der Waals surface area contributed by atoms with Gasteiger partial charge >= 0.3 is 0 Å². The van der Waals surface area contributed by atoms with Crippen LogP contribution in [-0.4, -0.2) is 38.9 Å². The summed E-state index contributed by atoms with van der Waals surface area (Å²) in [5, 5.41) is 0. The molecule has 1 saturated heterocycles. The van der Waals surface area contributed by atoms with Gasteiger partial charge in [0.25, 0.3) is 5.91 Å². The number of amides is 1. The lowest BCUT2D eigenvalue weighted by Crippen LogP contribution is -2.37. The van der Waals surface area contributed by atoms with Crippen LogP contribution >= 0.6 is 0 Å². The average Bonchev–Trinajstić information content (AvgIpc) is 2.72. The van der Waals surface area contributed by atoms with Gasteiger partial charge in [0.1, 0.15) is 0 Å². The Morgan fingerprint density at radius 3 is 2.30 bits per heavy atom. The molecule has 27 heavy (non-hydrogen) atoms. The lowest BCUT2D eigenvalue weighted by atomic mass is 9.89. The smallest absolute Gasteiger partial charge is 0.253 e. The van der Waals surface area contributed by atoms with Gasteiger partial charge in [0.2, 0.25) is 10.0 Å². The van der Waals surface area contributed by atoms with Gasteiger partial charge in [0.15, 0.2) is 0 Å². The van der Waals surface area contributed by atoms with E-state index in [1.807, 2.05) is 23.1 Å². The van der Waals surface area contributed by atoms with E-state index < -0.39 is 10.0 Å². The zero-order valence-electron chi connectivity index (χ0n) is 15.0. The second kappa shape index (κ2) is 8.38. The molecule has 140 valence electrons. The van der Waals surface area contributed by atoms with Crippen LogP contribution in [-0.2, 0) is 10.0 Å². The van der Waals surface area contributed by atoms with Crippen molar-refractivity contribution in [2.45, 2.75) is 23.7 Å². The minimum Gasteiger partial charge on any atom is -0.339 e. The van der Waals surface area contributed by atoms with E-state index in [0.29, 0.717) is 24.6 Å². The van der Waals surface area contributed by atoms with Crippen LogP contribution < -0.4 is 4.72 Å². The molecule has 0 aliphatic carbocycles. The highest BCUT2D eigenvalue weighted by Crippen LogP contribution is 2.28. The highest BCUT2D eigenvalue weighted by atomic mass is 32.2. The fourth-order valence-electron chi connectivity index (χ4n) is 3.32. The van der Waals surface area contributed by atoms with Gasteiger partial charge in [-0.15, -0.1) is 6.42 Å². The summed E-state index contributed by atoms with van der Waals surface area (Å²) in [4.78, 5) is 14.6. The number of hydrogen-bond acceptors (Lipinski definition) is 3. The number of carbonyl (C=O) groups excluding carboxylic acids is 1. The Balaban J connectivity index is 1.63. The van der Waals surface area contributed by atoms with Crippen molar-refractivity contribution in [3.8, 4) is 12.3 Å². The molecule has 0 bridgehead atoms. The number of nitrogens with one attached hydrogen (secondary N) is 1. The molecule has 0 saturated carbocycles. The van der Waals surface area contributed by atoms with Crippen LogP contribution in [0.4, 0.5) is 0 Å². The van der Waals surface area contributed by atoms with Crippen molar-refractivity contribution in [1.82, 2.24) is 9.62 Å². The largest absolute Gasteiger partial charge is 0.339 e. The first-order valence-electron chi connectivity index (χ1n) is 8.88.